The molecule has 4 nitrogen and oxygen atoms in total. The van der Waals surface area contributed by atoms with Crippen molar-refractivity contribution in [1.82, 2.24) is 4.31 Å². The largest absolute Gasteiger partial charge is 0.460 e. The zero-order valence-corrected chi connectivity index (χ0v) is 16.2. The van der Waals surface area contributed by atoms with Crippen molar-refractivity contribution < 1.29 is 53.0 Å². The van der Waals surface area contributed by atoms with Crippen molar-refractivity contribution in [2.45, 2.75) is 80.7 Å². The number of aliphatic hydroxyl groups excluding tert-OH is 1. The molecule has 0 aromatic heterocycles. The van der Waals surface area contributed by atoms with Gasteiger partial charge in [-0.2, -0.15) is 39.5 Å². The first kappa shape index (κ1) is 26.3. The van der Waals surface area contributed by atoms with E-state index in [1.54, 1.807) is 0 Å². The zero-order chi connectivity index (χ0) is 22.9. The van der Waals surface area contributed by atoms with Crippen LogP contribution in [0, 0.1) is 0 Å². The van der Waals surface area contributed by atoms with Gasteiger partial charge in [-0.1, -0.05) is 32.6 Å². The van der Waals surface area contributed by atoms with Crippen LogP contribution in [0.4, 0.5) is 39.5 Å². The summed E-state index contributed by atoms with van der Waals surface area (Å²) in [5.74, 6) is -14.3. The van der Waals surface area contributed by atoms with E-state index in [-0.39, 0.29) is 38.5 Å². The quantitative estimate of drug-likeness (QED) is 0.400. The Bertz CT molecular complexity index is 653. The molecule has 0 bridgehead atoms. The number of aliphatic hydroxyl groups is 1. The summed E-state index contributed by atoms with van der Waals surface area (Å²) in [5, 5.41) is 8.91. The molecule has 0 radical (unpaired) electrons. The van der Waals surface area contributed by atoms with E-state index >= 15 is 0 Å². The van der Waals surface area contributed by atoms with Crippen LogP contribution < -0.4 is 0 Å². The molecule has 0 unspecified atom stereocenters. The monoisotopic (exact) mass is 467 g/mol. The summed E-state index contributed by atoms with van der Waals surface area (Å²) in [6.07, 6.45) is -6.80. The molecule has 0 saturated heterocycles. The molecule has 0 aliphatic heterocycles. The van der Waals surface area contributed by atoms with Crippen LogP contribution in [0.1, 0.15) is 51.9 Å². The van der Waals surface area contributed by atoms with Gasteiger partial charge in [0, 0.05) is 6.54 Å². The van der Waals surface area contributed by atoms with E-state index in [1.807, 2.05) is 0 Å². The van der Waals surface area contributed by atoms with Crippen LogP contribution in [0.3, 0.4) is 0 Å². The average molecular weight is 467 g/mol. The molecule has 174 valence electrons. The SMILES string of the molecule is CCCC1(S(=O)(=O)N(CCO)C(F)(F)C(F)(F)C(F)(F)C(F)(F)F)CCCCC1. The van der Waals surface area contributed by atoms with Gasteiger partial charge < -0.3 is 5.11 Å². The Morgan fingerprint density at radius 2 is 1.38 bits per heavy atom. The topological polar surface area (TPSA) is 57.6 Å². The third-order valence-corrected chi connectivity index (χ3v) is 7.75. The van der Waals surface area contributed by atoms with Crippen LogP contribution in [-0.2, 0) is 10.0 Å². The van der Waals surface area contributed by atoms with E-state index in [0.29, 0.717) is 6.42 Å². The van der Waals surface area contributed by atoms with Crippen molar-refractivity contribution in [2.75, 3.05) is 13.2 Å². The summed E-state index contributed by atoms with van der Waals surface area (Å²) in [7, 11) is -5.51. The Labute approximate surface area is 162 Å². The summed E-state index contributed by atoms with van der Waals surface area (Å²) in [4.78, 5) is 0. The van der Waals surface area contributed by atoms with Crippen molar-refractivity contribution in [1.29, 1.82) is 0 Å². The molecule has 1 saturated carbocycles. The Kier molecular flexibility index (Phi) is 7.61. The number of hydrogen-bond donors (Lipinski definition) is 1. The van der Waals surface area contributed by atoms with Gasteiger partial charge in [-0.15, -0.1) is 4.31 Å². The highest BCUT2D eigenvalue weighted by atomic mass is 32.2. The summed E-state index contributed by atoms with van der Waals surface area (Å²) < 4.78 is 143. The fraction of sp³-hybridized carbons (Fsp3) is 1.00. The molecule has 0 aromatic rings. The molecule has 29 heavy (non-hydrogen) atoms. The van der Waals surface area contributed by atoms with Crippen LogP contribution in [0.15, 0.2) is 0 Å². The van der Waals surface area contributed by atoms with E-state index in [2.05, 4.69) is 0 Å². The molecule has 0 heterocycles. The second-order valence-electron chi connectivity index (χ2n) is 6.98. The van der Waals surface area contributed by atoms with Crippen LogP contribution in [0.25, 0.3) is 0 Å². The van der Waals surface area contributed by atoms with Crippen molar-refractivity contribution in [3.05, 3.63) is 0 Å². The summed E-state index contributed by atoms with van der Waals surface area (Å²) in [6, 6.07) is -6.45. The number of rotatable bonds is 9. The van der Waals surface area contributed by atoms with E-state index in [0.717, 1.165) is 0 Å². The smallest absolute Gasteiger partial charge is 0.395 e. The van der Waals surface area contributed by atoms with E-state index < -0.39 is 56.3 Å². The number of sulfonamides is 1. The minimum atomic E-state index is -7.22. The Morgan fingerprint density at radius 3 is 1.76 bits per heavy atom. The molecule has 1 aliphatic rings. The summed E-state index contributed by atoms with van der Waals surface area (Å²) in [5.41, 5.74) is 0. The fourth-order valence-electron chi connectivity index (χ4n) is 3.55. The maximum Gasteiger partial charge on any atom is 0.460 e. The van der Waals surface area contributed by atoms with Gasteiger partial charge in [0.1, 0.15) is 0 Å². The highest BCUT2D eigenvalue weighted by Gasteiger charge is 2.84. The van der Waals surface area contributed by atoms with Crippen molar-refractivity contribution in [3.8, 4) is 0 Å². The van der Waals surface area contributed by atoms with Crippen molar-refractivity contribution >= 4 is 10.0 Å². The van der Waals surface area contributed by atoms with E-state index in [1.165, 1.54) is 6.92 Å². The van der Waals surface area contributed by atoms with Crippen LogP contribution >= 0.6 is 0 Å². The van der Waals surface area contributed by atoms with Gasteiger partial charge in [0.05, 0.1) is 11.4 Å². The normalized spacial score (nSPS) is 19.6. The number of alkyl halides is 9. The van der Waals surface area contributed by atoms with Crippen LogP contribution in [0.2, 0.25) is 0 Å². The molecule has 0 atom stereocenters. The third-order valence-electron chi connectivity index (χ3n) is 5.05. The summed E-state index contributed by atoms with van der Waals surface area (Å²) >= 11 is 0. The van der Waals surface area contributed by atoms with Gasteiger partial charge >= 0.3 is 24.1 Å². The van der Waals surface area contributed by atoms with Gasteiger partial charge in [-0.05, 0) is 19.3 Å². The molecule has 14 heteroatoms. The van der Waals surface area contributed by atoms with Crippen molar-refractivity contribution in [3.63, 3.8) is 0 Å². The Hall–Kier alpha value is -0.760. The molecule has 1 N–H and O–H groups in total. The molecule has 0 amide bonds. The standard InChI is InChI=1S/C15H22F9NO3S/c1-2-6-11(7-4-3-5-8-11)29(27,28)25(9-10-26)15(23,24)13(18,19)12(16,17)14(20,21)22/h26H,2-10H2,1H3. The first-order valence-electron chi connectivity index (χ1n) is 8.79. The lowest BCUT2D eigenvalue weighted by Crippen LogP contribution is -2.69. The summed E-state index contributed by atoms with van der Waals surface area (Å²) in [6.45, 7) is -1.79. The predicted octanol–water partition coefficient (Wildman–Crippen LogP) is 4.54. The van der Waals surface area contributed by atoms with Crippen LogP contribution in [-0.4, -0.2) is 59.8 Å². The third kappa shape index (κ3) is 4.21. The maximum atomic E-state index is 14.4. The molecule has 0 aromatic carbocycles. The molecule has 1 fully saturated rings. The van der Waals surface area contributed by atoms with Gasteiger partial charge in [-0.25, -0.2) is 8.42 Å². The van der Waals surface area contributed by atoms with E-state index in [4.69, 9.17) is 5.11 Å². The lowest BCUT2D eigenvalue weighted by atomic mass is 9.85. The molecular weight excluding hydrogens is 445 g/mol. The molecule has 1 rings (SSSR count). The highest BCUT2D eigenvalue weighted by molar-refractivity contribution is 7.90. The number of hydrogen-bond acceptors (Lipinski definition) is 3. The highest BCUT2D eigenvalue weighted by Crippen LogP contribution is 2.55. The van der Waals surface area contributed by atoms with Gasteiger partial charge in [0.15, 0.2) is 0 Å². The van der Waals surface area contributed by atoms with E-state index in [9.17, 15) is 47.9 Å². The lowest BCUT2D eigenvalue weighted by Gasteiger charge is -2.44. The fourth-order valence-corrected chi connectivity index (χ4v) is 6.02. The Morgan fingerprint density at radius 1 is 0.897 bits per heavy atom. The first-order chi connectivity index (χ1) is 13.0. The van der Waals surface area contributed by atoms with Crippen LogP contribution in [0.5, 0.6) is 0 Å². The second-order valence-corrected chi connectivity index (χ2v) is 9.24. The number of nitrogens with zero attached hydrogens (tertiary/aromatic N) is 1. The minimum absolute atomic E-state index is 0.104. The molecule has 0 spiro atoms. The van der Waals surface area contributed by atoms with Gasteiger partial charge in [0.25, 0.3) is 0 Å². The number of halogens is 9. The first-order valence-corrected chi connectivity index (χ1v) is 10.2. The zero-order valence-electron chi connectivity index (χ0n) is 15.4. The second kappa shape index (κ2) is 8.40. The average Bonchev–Trinajstić information content (AvgIpc) is 2.59. The van der Waals surface area contributed by atoms with Gasteiger partial charge in [0.2, 0.25) is 10.0 Å². The predicted molar refractivity (Wildman–Crippen MR) is 84.3 cm³/mol. The maximum absolute atomic E-state index is 14.4. The molecular formula is C15H22F9NO3S. The Balaban J connectivity index is 3.61. The minimum Gasteiger partial charge on any atom is -0.395 e. The van der Waals surface area contributed by atoms with Gasteiger partial charge in [-0.3, -0.25) is 0 Å². The molecule has 1 aliphatic carbocycles. The lowest BCUT2D eigenvalue weighted by molar-refractivity contribution is -0.411. The van der Waals surface area contributed by atoms with Crippen molar-refractivity contribution in [2.24, 2.45) is 0 Å².